The molecule has 2 aliphatic carbocycles. The number of hydrogen-bond acceptors (Lipinski definition) is 3. The Morgan fingerprint density at radius 3 is 2.45 bits per heavy atom. The van der Waals surface area contributed by atoms with Gasteiger partial charge >= 0.3 is 5.97 Å². The lowest BCUT2D eigenvalue weighted by Crippen LogP contribution is -2.38. The van der Waals surface area contributed by atoms with Gasteiger partial charge in [0.05, 0.1) is 12.0 Å². The van der Waals surface area contributed by atoms with Crippen LogP contribution in [0, 0.1) is 5.92 Å². The van der Waals surface area contributed by atoms with Crippen LogP contribution in [-0.4, -0.2) is 37.1 Å². The van der Waals surface area contributed by atoms with Crippen LogP contribution in [-0.2, 0) is 14.3 Å². The molecule has 2 saturated carbocycles. The lowest BCUT2D eigenvalue weighted by Gasteiger charge is -2.31. The molecule has 2 aliphatic rings. The number of halogens is 2. The predicted octanol–water partition coefficient (Wildman–Crippen LogP) is 4.13. The Morgan fingerprint density at radius 2 is 1.82 bits per heavy atom. The van der Waals surface area contributed by atoms with E-state index in [0.717, 1.165) is 45.1 Å². The van der Waals surface area contributed by atoms with Crippen LogP contribution in [0.25, 0.3) is 0 Å². The van der Waals surface area contributed by atoms with Crippen LogP contribution in [0.5, 0.6) is 0 Å². The second-order valence-electron chi connectivity index (χ2n) is 6.60. The van der Waals surface area contributed by atoms with Gasteiger partial charge in [-0.05, 0) is 44.9 Å². The molecule has 2 rings (SSSR count). The van der Waals surface area contributed by atoms with Crippen molar-refractivity contribution >= 4 is 5.97 Å². The van der Waals surface area contributed by atoms with Crippen molar-refractivity contribution in [3.05, 3.63) is 0 Å². The van der Waals surface area contributed by atoms with Crippen molar-refractivity contribution in [3.63, 3.8) is 0 Å². The molecule has 0 heterocycles. The number of hydrogen-bond donors (Lipinski definition) is 0. The Balaban J connectivity index is 1.69. The lowest BCUT2D eigenvalue weighted by atomic mass is 9.87. The maximum atomic E-state index is 13.7. The van der Waals surface area contributed by atoms with Crippen LogP contribution in [0.15, 0.2) is 0 Å². The van der Waals surface area contributed by atoms with E-state index in [1.807, 2.05) is 0 Å². The molecule has 0 N–H and O–H groups in total. The zero-order valence-electron chi connectivity index (χ0n) is 13.4. The highest BCUT2D eigenvalue weighted by atomic mass is 19.1. The van der Waals surface area contributed by atoms with Gasteiger partial charge in [-0.15, -0.1) is 0 Å². The number of carbonyl (C=O) groups is 1. The molecule has 3 atom stereocenters. The van der Waals surface area contributed by atoms with Gasteiger partial charge in [-0.25, -0.2) is 8.78 Å². The van der Waals surface area contributed by atoms with E-state index in [2.05, 4.69) is 6.92 Å². The number of rotatable bonds is 6. The second-order valence-corrected chi connectivity index (χ2v) is 6.60. The average molecular weight is 318 g/mol. The first-order chi connectivity index (χ1) is 10.6. The van der Waals surface area contributed by atoms with Gasteiger partial charge in [0, 0.05) is 13.0 Å². The van der Waals surface area contributed by atoms with Crippen LogP contribution in [0.3, 0.4) is 0 Å². The van der Waals surface area contributed by atoms with Crippen LogP contribution in [0.4, 0.5) is 8.78 Å². The summed E-state index contributed by atoms with van der Waals surface area (Å²) < 4.78 is 37.9. The van der Waals surface area contributed by atoms with Gasteiger partial charge < -0.3 is 9.47 Å². The van der Waals surface area contributed by atoms with Crippen molar-refractivity contribution in [2.45, 2.75) is 89.3 Å². The molecule has 0 spiro atoms. The van der Waals surface area contributed by atoms with E-state index in [1.165, 1.54) is 0 Å². The standard InChI is InChI=1S/C17H28F2O3/c1-2-3-10-21-14-7-4-12(5-8-14)17(20)22-16-9-6-13(18)11-15(16)19/h12-16H,2-11H2,1H3. The summed E-state index contributed by atoms with van der Waals surface area (Å²) in [5.74, 6) is -0.460. The highest BCUT2D eigenvalue weighted by Crippen LogP contribution is 2.31. The first-order valence-corrected chi connectivity index (χ1v) is 8.70. The van der Waals surface area contributed by atoms with Crippen molar-refractivity contribution in [2.75, 3.05) is 6.61 Å². The smallest absolute Gasteiger partial charge is 0.309 e. The largest absolute Gasteiger partial charge is 0.459 e. The molecular formula is C17H28F2O3. The topological polar surface area (TPSA) is 35.5 Å². The molecular weight excluding hydrogens is 290 g/mol. The molecule has 22 heavy (non-hydrogen) atoms. The van der Waals surface area contributed by atoms with Gasteiger partial charge in [-0.1, -0.05) is 13.3 Å². The monoisotopic (exact) mass is 318 g/mol. The Bertz CT molecular complexity index is 343. The van der Waals surface area contributed by atoms with Crippen LogP contribution in [0.2, 0.25) is 0 Å². The predicted molar refractivity (Wildman–Crippen MR) is 80.1 cm³/mol. The van der Waals surface area contributed by atoms with Gasteiger partial charge in [0.15, 0.2) is 0 Å². The second kappa shape index (κ2) is 8.80. The molecule has 2 fully saturated rings. The molecule has 0 aromatic rings. The van der Waals surface area contributed by atoms with Gasteiger partial charge in [0.1, 0.15) is 18.4 Å². The SMILES string of the molecule is CCCCOC1CCC(C(=O)OC2CCC(F)CC2F)CC1. The number of carbonyl (C=O) groups excluding carboxylic acids is 1. The third-order valence-electron chi connectivity index (χ3n) is 4.78. The van der Waals surface area contributed by atoms with Crippen molar-refractivity contribution in [3.8, 4) is 0 Å². The van der Waals surface area contributed by atoms with Crippen LogP contribution < -0.4 is 0 Å². The van der Waals surface area contributed by atoms with Crippen LogP contribution in [0.1, 0.15) is 64.7 Å². The summed E-state index contributed by atoms with van der Waals surface area (Å²) in [5.41, 5.74) is 0. The third kappa shape index (κ3) is 5.18. The quantitative estimate of drug-likeness (QED) is 0.545. The molecule has 3 unspecified atom stereocenters. The van der Waals surface area contributed by atoms with Crippen molar-refractivity contribution in [1.82, 2.24) is 0 Å². The molecule has 5 heteroatoms. The molecule has 0 saturated heterocycles. The number of alkyl halides is 2. The fraction of sp³-hybridized carbons (Fsp3) is 0.941. The Morgan fingerprint density at radius 1 is 1.09 bits per heavy atom. The van der Waals surface area contributed by atoms with E-state index in [9.17, 15) is 13.6 Å². The normalized spacial score (nSPS) is 36.0. The molecule has 3 nitrogen and oxygen atoms in total. The summed E-state index contributed by atoms with van der Waals surface area (Å²) in [6.07, 6.45) is 2.86. The van der Waals surface area contributed by atoms with Gasteiger partial charge in [-0.3, -0.25) is 4.79 Å². The molecule has 0 bridgehead atoms. The van der Waals surface area contributed by atoms with E-state index in [0.29, 0.717) is 6.42 Å². The van der Waals surface area contributed by atoms with E-state index in [-0.39, 0.29) is 30.8 Å². The van der Waals surface area contributed by atoms with Crippen molar-refractivity contribution in [1.29, 1.82) is 0 Å². The van der Waals surface area contributed by atoms with Gasteiger partial charge in [0.2, 0.25) is 0 Å². The first kappa shape index (κ1) is 17.6. The average Bonchev–Trinajstić information content (AvgIpc) is 2.51. The molecule has 0 aromatic heterocycles. The molecule has 128 valence electrons. The summed E-state index contributed by atoms with van der Waals surface area (Å²) in [6, 6.07) is 0. The van der Waals surface area contributed by atoms with Gasteiger partial charge in [0.25, 0.3) is 0 Å². The highest BCUT2D eigenvalue weighted by Gasteiger charge is 2.35. The number of ether oxygens (including phenoxy) is 2. The molecule has 0 aliphatic heterocycles. The fourth-order valence-electron chi connectivity index (χ4n) is 3.28. The maximum absolute atomic E-state index is 13.7. The fourth-order valence-corrected chi connectivity index (χ4v) is 3.28. The lowest BCUT2D eigenvalue weighted by molar-refractivity contribution is -0.162. The van der Waals surface area contributed by atoms with E-state index in [1.54, 1.807) is 0 Å². The first-order valence-electron chi connectivity index (χ1n) is 8.70. The van der Waals surface area contributed by atoms with Gasteiger partial charge in [-0.2, -0.15) is 0 Å². The summed E-state index contributed by atoms with van der Waals surface area (Å²) in [5, 5.41) is 0. The number of esters is 1. The Labute approximate surface area is 131 Å². The number of unbranched alkanes of at least 4 members (excludes halogenated alkanes) is 1. The Kier molecular flexibility index (Phi) is 7.06. The van der Waals surface area contributed by atoms with Crippen molar-refractivity contribution in [2.24, 2.45) is 5.92 Å². The zero-order valence-corrected chi connectivity index (χ0v) is 13.4. The van der Waals surface area contributed by atoms with Crippen molar-refractivity contribution < 1.29 is 23.0 Å². The molecule has 0 radical (unpaired) electrons. The molecule has 0 aromatic carbocycles. The summed E-state index contributed by atoms with van der Waals surface area (Å²) in [6.45, 7) is 2.91. The summed E-state index contributed by atoms with van der Waals surface area (Å²) in [7, 11) is 0. The third-order valence-corrected chi connectivity index (χ3v) is 4.78. The minimum atomic E-state index is -1.36. The summed E-state index contributed by atoms with van der Waals surface area (Å²) >= 11 is 0. The minimum Gasteiger partial charge on any atom is -0.459 e. The molecule has 0 amide bonds. The summed E-state index contributed by atoms with van der Waals surface area (Å²) in [4.78, 5) is 12.1. The minimum absolute atomic E-state index is 0.143. The van der Waals surface area contributed by atoms with Crippen LogP contribution >= 0.6 is 0 Å². The highest BCUT2D eigenvalue weighted by molar-refractivity contribution is 5.72. The maximum Gasteiger partial charge on any atom is 0.309 e. The Hall–Kier alpha value is -0.710. The van der Waals surface area contributed by atoms with E-state index in [4.69, 9.17) is 9.47 Å². The zero-order chi connectivity index (χ0) is 15.9. The van der Waals surface area contributed by atoms with E-state index < -0.39 is 18.4 Å². The van der Waals surface area contributed by atoms with E-state index >= 15 is 0 Å².